The first kappa shape index (κ1) is 21.4. The molecule has 1 N–H and O–H groups in total. The smallest absolute Gasteiger partial charge is 0.262 e. The minimum Gasteiger partial charge on any atom is -0.495 e. The summed E-state index contributed by atoms with van der Waals surface area (Å²) < 4.78 is 7.86. The van der Waals surface area contributed by atoms with Crippen molar-refractivity contribution in [1.82, 2.24) is 9.88 Å². The Morgan fingerprint density at radius 1 is 1.21 bits per heavy atom. The number of hydrogen-bond acceptors (Lipinski definition) is 3. The second kappa shape index (κ2) is 9.01. The lowest BCUT2D eigenvalue weighted by atomic mass is 10.1. The molecule has 29 heavy (non-hydrogen) atoms. The fraction of sp³-hybridized carbons (Fsp3) is 0.273. The molecule has 0 aliphatic heterocycles. The normalized spacial score (nSPS) is 10.9. The van der Waals surface area contributed by atoms with E-state index in [2.05, 4.69) is 21.2 Å². The Balaban J connectivity index is 2.17. The van der Waals surface area contributed by atoms with Gasteiger partial charge in [-0.05, 0) is 55.3 Å². The molecule has 1 aromatic heterocycles. The van der Waals surface area contributed by atoms with Crippen LogP contribution in [0.15, 0.2) is 40.9 Å². The van der Waals surface area contributed by atoms with Gasteiger partial charge in [0.25, 0.3) is 5.91 Å². The number of halogens is 2. The maximum Gasteiger partial charge on any atom is 0.262 e. The maximum atomic E-state index is 13.3. The molecule has 0 aliphatic rings. The highest BCUT2D eigenvalue weighted by molar-refractivity contribution is 9.10. The summed E-state index contributed by atoms with van der Waals surface area (Å²) in [5.74, 6) is 0.239. The quantitative estimate of drug-likeness (QED) is 0.535. The Labute approximate surface area is 183 Å². The first-order valence-corrected chi connectivity index (χ1v) is 10.5. The molecule has 1 amide bonds. The number of carbonyl (C=O) groups is 2. The van der Waals surface area contributed by atoms with Gasteiger partial charge in [-0.3, -0.25) is 14.2 Å². The van der Waals surface area contributed by atoms with E-state index in [-0.39, 0.29) is 18.2 Å². The van der Waals surface area contributed by atoms with E-state index in [9.17, 15) is 9.59 Å². The number of ether oxygens (including phenoxy) is 1. The fourth-order valence-corrected chi connectivity index (χ4v) is 3.83. The average molecular weight is 478 g/mol. The van der Waals surface area contributed by atoms with Gasteiger partial charge in [0.15, 0.2) is 0 Å². The third-order valence-corrected chi connectivity index (χ3v) is 5.64. The van der Waals surface area contributed by atoms with Crippen LogP contribution in [0.2, 0.25) is 5.02 Å². The monoisotopic (exact) mass is 476 g/mol. The molecule has 3 rings (SSSR count). The molecule has 152 valence electrons. The topological polar surface area (TPSA) is 60.3 Å². The fourth-order valence-electron chi connectivity index (χ4n) is 3.33. The van der Waals surface area contributed by atoms with Gasteiger partial charge in [-0.25, -0.2) is 0 Å². The Bertz CT molecular complexity index is 1070. The molecule has 0 spiro atoms. The van der Waals surface area contributed by atoms with Gasteiger partial charge in [-0.2, -0.15) is 0 Å². The van der Waals surface area contributed by atoms with Gasteiger partial charge in [0.1, 0.15) is 5.75 Å². The van der Waals surface area contributed by atoms with Crippen molar-refractivity contribution in [2.24, 2.45) is 0 Å². The molecule has 0 saturated carbocycles. The molecule has 1 heterocycles. The molecule has 0 radical (unpaired) electrons. The van der Waals surface area contributed by atoms with Crippen molar-refractivity contribution in [1.29, 1.82) is 0 Å². The minimum atomic E-state index is -0.179. The lowest BCUT2D eigenvalue weighted by Gasteiger charge is -2.09. The number of benzene rings is 2. The zero-order chi connectivity index (χ0) is 21.1. The Hall–Kier alpha value is -2.31. The molecule has 0 unspecified atom stereocenters. The summed E-state index contributed by atoms with van der Waals surface area (Å²) in [6, 6.07) is 10.7. The van der Waals surface area contributed by atoms with Crippen LogP contribution in [-0.2, 0) is 11.2 Å². The van der Waals surface area contributed by atoms with E-state index in [1.54, 1.807) is 28.8 Å². The van der Waals surface area contributed by atoms with Crippen LogP contribution in [0.1, 0.15) is 35.0 Å². The molecule has 7 heteroatoms. The molecular formula is C22H22BrClN2O3. The van der Waals surface area contributed by atoms with Crippen LogP contribution < -0.4 is 10.1 Å². The van der Waals surface area contributed by atoms with E-state index in [1.165, 1.54) is 7.11 Å². The van der Waals surface area contributed by atoms with Crippen LogP contribution in [0.25, 0.3) is 10.9 Å². The second-order valence-corrected chi connectivity index (χ2v) is 8.06. The summed E-state index contributed by atoms with van der Waals surface area (Å²) in [6.07, 6.45) is 1.03. The number of aromatic nitrogens is 1. The highest BCUT2D eigenvalue weighted by Crippen LogP contribution is 2.35. The Morgan fingerprint density at radius 3 is 2.52 bits per heavy atom. The van der Waals surface area contributed by atoms with Gasteiger partial charge < -0.3 is 10.1 Å². The molecule has 0 atom stereocenters. The minimum absolute atomic E-state index is 0.0843. The number of carbonyl (C=O) groups excluding carboxylic acids is 2. The number of fused-ring (bicyclic) bond motifs is 1. The highest BCUT2D eigenvalue weighted by atomic mass is 79.9. The SMILES string of the molecule is CCCNC(=O)Cc1c(C)n(C(=O)c2ccc(Br)cc2)c2cc(Cl)c(OC)cc12. The van der Waals surface area contributed by atoms with Gasteiger partial charge in [0.05, 0.1) is 24.1 Å². The van der Waals surface area contributed by atoms with Crippen molar-refractivity contribution in [3.05, 3.63) is 62.7 Å². The predicted octanol–water partition coefficient (Wildman–Crippen LogP) is 5.13. The maximum absolute atomic E-state index is 13.3. The van der Waals surface area contributed by atoms with Crippen molar-refractivity contribution >= 4 is 50.2 Å². The first-order chi connectivity index (χ1) is 13.9. The number of methoxy groups -OCH3 is 1. The van der Waals surface area contributed by atoms with Gasteiger partial charge >= 0.3 is 0 Å². The zero-order valence-corrected chi connectivity index (χ0v) is 18.9. The molecule has 0 bridgehead atoms. The predicted molar refractivity (Wildman–Crippen MR) is 119 cm³/mol. The molecule has 0 aliphatic carbocycles. The lowest BCUT2D eigenvalue weighted by molar-refractivity contribution is -0.120. The molecule has 3 aromatic rings. The van der Waals surface area contributed by atoms with Crippen LogP contribution in [0, 0.1) is 6.92 Å². The van der Waals surface area contributed by atoms with E-state index < -0.39 is 0 Å². The van der Waals surface area contributed by atoms with Gasteiger partial charge in [-0.15, -0.1) is 0 Å². The number of hydrogen-bond donors (Lipinski definition) is 1. The van der Waals surface area contributed by atoms with Gasteiger partial charge in [0.2, 0.25) is 5.91 Å². The second-order valence-electron chi connectivity index (χ2n) is 6.74. The Morgan fingerprint density at radius 2 is 1.90 bits per heavy atom. The summed E-state index contributed by atoms with van der Waals surface area (Å²) in [5, 5.41) is 4.08. The summed E-state index contributed by atoms with van der Waals surface area (Å²) in [7, 11) is 1.54. The third-order valence-electron chi connectivity index (χ3n) is 4.81. The summed E-state index contributed by atoms with van der Waals surface area (Å²) in [4.78, 5) is 25.7. The van der Waals surface area contributed by atoms with E-state index in [4.69, 9.17) is 16.3 Å². The first-order valence-electron chi connectivity index (χ1n) is 9.31. The van der Waals surface area contributed by atoms with E-state index in [0.717, 1.165) is 21.8 Å². The van der Waals surface area contributed by atoms with Crippen molar-refractivity contribution < 1.29 is 14.3 Å². The molecule has 0 fully saturated rings. The van der Waals surface area contributed by atoms with E-state index in [0.29, 0.717) is 34.1 Å². The molecule has 2 aromatic carbocycles. The standard InChI is InChI=1S/C22H22BrClN2O3/c1-4-9-25-21(27)11-16-13(2)26(22(28)14-5-7-15(23)8-6-14)19-12-18(24)20(29-3)10-17(16)19/h5-8,10,12H,4,9,11H2,1-3H3,(H,25,27). The van der Waals surface area contributed by atoms with E-state index in [1.807, 2.05) is 26.0 Å². The van der Waals surface area contributed by atoms with Crippen LogP contribution in [0.4, 0.5) is 0 Å². The number of nitrogens with zero attached hydrogens (tertiary/aromatic N) is 1. The largest absolute Gasteiger partial charge is 0.495 e. The molecule has 5 nitrogen and oxygen atoms in total. The van der Waals surface area contributed by atoms with Crippen molar-refractivity contribution in [2.45, 2.75) is 26.7 Å². The lowest BCUT2D eigenvalue weighted by Crippen LogP contribution is -2.26. The van der Waals surface area contributed by atoms with Gasteiger partial charge in [-0.1, -0.05) is 34.5 Å². The van der Waals surface area contributed by atoms with Crippen molar-refractivity contribution in [3.8, 4) is 5.75 Å². The number of nitrogens with one attached hydrogen (secondary N) is 1. The highest BCUT2D eigenvalue weighted by Gasteiger charge is 2.23. The Kier molecular flexibility index (Phi) is 6.65. The van der Waals surface area contributed by atoms with Crippen molar-refractivity contribution in [3.63, 3.8) is 0 Å². The number of rotatable bonds is 6. The zero-order valence-electron chi connectivity index (χ0n) is 16.5. The molecular weight excluding hydrogens is 456 g/mol. The van der Waals surface area contributed by atoms with E-state index >= 15 is 0 Å². The van der Waals surface area contributed by atoms with Crippen molar-refractivity contribution in [2.75, 3.05) is 13.7 Å². The summed E-state index contributed by atoms with van der Waals surface area (Å²) in [5.41, 5.74) is 2.69. The van der Waals surface area contributed by atoms with Crippen LogP contribution in [-0.4, -0.2) is 30.0 Å². The number of amides is 1. The van der Waals surface area contributed by atoms with Crippen LogP contribution >= 0.6 is 27.5 Å². The van der Waals surface area contributed by atoms with Gasteiger partial charge in [0, 0.05) is 27.7 Å². The summed E-state index contributed by atoms with van der Waals surface area (Å²) >= 11 is 9.74. The third kappa shape index (κ3) is 4.33. The average Bonchev–Trinajstić information content (AvgIpc) is 2.96. The van der Waals surface area contributed by atoms with Crippen LogP contribution in [0.3, 0.4) is 0 Å². The molecule has 0 saturated heterocycles. The summed E-state index contributed by atoms with van der Waals surface area (Å²) in [6.45, 7) is 4.46. The van der Waals surface area contributed by atoms with Crippen LogP contribution in [0.5, 0.6) is 5.75 Å².